The molecule has 1 aliphatic heterocycles. The van der Waals surface area contributed by atoms with E-state index in [0.29, 0.717) is 19.6 Å². The van der Waals surface area contributed by atoms with E-state index >= 15 is 0 Å². The zero-order valence-corrected chi connectivity index (χ0v) is 15.8. The molecule has 0 unspecified atom stereocenters. The zero-order chi connectivity index (χ0) is 17.8. The van der Waals surface area contributed by atoms with Gasteiger partial charge in [-0.25, -0.2) is 9.97 Å². The summed E-state index contributed by atoms with van der Waals surface area (Å²) in [6.45, 7) is 8.06. The largest absolute Gasteiger partial charge is 0.383 e. The quantitative estimate of drug-likeness (QED) is 0.756. The number of methoxy groups -OCH3 is 1. The summed E-state index contributed by atoms with van der Waals surface area (Å²) in [5.41, 5.74) is 3.84. The fourth-order valence-corrected chi connectivity index (χ4v) is 3.88. The summed E-state index contributed by atoms with van der Waals surface area (Å²) >= 11 is 1.71. The normalized spacial score (nSPS) is 17.5. The van der Waals surface area contributed by atoms with Gasteiger partial charge in [0.05, 0.1) is 36.0 Å². The van der Waals surface area contributed by atoms with Crippen molar-refractivity contribution in [3.05, 3.63) is 33.8 Å². The molecule has 3 rings (SSSR count). The summed E-state index contributed by atoms with van der Waals surface area (Å²) in [5, 5.41) is 2.84. The molecule has 0 saturated heterocycles. The molecule has 0 aromatic carbocycles. The number of imidazole rings is 1. The van der Waals surface area contributed by atoms with Gasteiger partial charge in [-0.05, 0) is 13.8 Å². The summed E-state index contributed by atoms with van der Waals surface area (Å²) in [4.78, 5) is 24.8. The van der Waals surface area contributed by atoms with E-state index in [1.54, 1.807) is 18.4 Å². The first-order valence-electron chi connectivity index (χ1n) is 8.53. The Kier molecular flexibility index (Phi) is 5.82. The van der Waals surface area contributed by atoms with Gasteiger partial charge in [0.25, 0.3) is 0 Å². The fraction of sp³-hybridized carbons (Fsp3) is 0.588. The van der Waals surface area contributed by atoms with Crippen LogP contribution in [0.5, 0.6) is 0 Å². The van der Waals surface area contributed by atoms with Gasteiger partial charge < -0.3 is 14.6 Å². The Morgan fingerprint density at radius 1 is 1.48 bits per heavy atom. The van der Waals surface area contributed by atoms with E-state index in [4.69, 9.17) is 9.72 Å². The van der Waals surface area contributed by atoms with Crippen LogP contribution in [0.4, 0.5) is 0 Å². The van der Waals surface area contributed by atoms with E-state index in [-0.39, 0.29) is 11.9 Å². The van der Waals surface area contributed by atoms with Gasteiger partial charge in [-0.15, -0.1) is 11.3 Å². The highest BCUT2D eigenvalue weighted by Gasteiger charge is 2.27. The molecule has 25 heavy (non-hydrogen) atoms. The number of aryl methyl sites for hydroxylation is 1. The second kappa shape index (κ2) is 8.07. The van der Waals surface area contributed by atoms with Crippen molar-refractivity contribution in [3.63, 3.8) is 0 Å². The number of amides is 1. The average molecular weight is 363 g/mol. The lowest BCUT2D eigenvalue weighted by Crippen LogP contribution is -2.36. The van der Waals surface area contributed by atoms with Crippen molar-refractivity contribution in [2.24, 2.45) is 0 Å². The number of carbonyl (C=O) groups excluding carboxylic acids is 1. The molecule has 3 heterocycles. The van der Waals surface area contributed by atoms with Gasteiger partial charge in [0, 0.05) is 44.4 Å². The van der Waals surface area contributed by atoms with E-state index in [2.05, 4.69) is 33.6 Å². The lowest BCUT2D eigenvalue weighted by molar-refractivity contribution is -0.120. The lowest BCUT2D eigenvalue weighted by atomic mass is 10.2. The number of ether oxygens (including phenoxy) is 1. The summed E-state index contributed by atoms with van der Waals surface area (Å²) in [7, 11) is 1.62. The third kappa shape index (κ3) is 4.26. The number of nitrogens with zero attached hydrogens (tertiary/aromatic N) is 4. The summed E-state index contributed by atoms with van der Waals surface area (Å²) in [5.74, 6) is 1.02. The van der Waals surface area contributed by atoms with E-state index in [1.807, 2.05) is 11.7 Å². The molecule has 0 saturated carbocycles. The molecule has 2 aromatic rings. The summed E-state index contributed by atoms with van der Waals surface area (Å²) < 4.78 is 7.12. The minimum atomic E-state index is -0.0164. The number of rotatable bonds is 7. The number of fused-ring (bicyclic) bond motifs is 1. The Hall–Kier alpha value is -1.77. The molecule has 136 valence electrons. The van der Waals surface area contributed by atoms with Crippen molar-refractivity contribution in [1.29, 1.82) is 0 Å². The number of nitrogens with one attached hydrogen (secondary N) is 1. The first-order valence-corrected chi connectivity index (χ1v) is 9.41. The highest BCUT2D eigenvalue weighted by Crippen LogP contribution is 2.27. The maximum Gasteiger partial charge on any atom is 0.226 e. The highest BCUT2D eigenvalue weighted by molar-refractivity contribution is 7.09. The molecule has 0 fully saturated rings. The van der Waals surface area contributed by atoms with Crippen LogP contribution < -0.4 is 5.32 Å². The van der Waals surface area contributed by atoms with Crippen LogP contribution in [-0.4, -0.2) is 52.1 Å². The first kappa shape index (κ1) is 18.0. The van der Waals surface area contributed by atoms with Crippen LogP contribution in [0.3, 0.4) is 0 Å². The van der Waals surface area contributed by atoms with Gasteiger partial charge in [0.15, 0.2) is 0 Å². The van der Waals surface area contributed by atoms with Gasteiger partial charge in [-0.3, -0.25) is 9.69 Å². The molecule has 0 bridgehead atoms. The van der Waals surface area contributed by atoms with Crippen LogP contribution >= 0.6 is 11.3 Å². The van der Waals surface area contributed by atoms with Crippen LogP contribution in [0, 0.1) is 6.92 Å². The van der Waals surface area contributed by atoms with Gasteiger partial charge in [-0.2, -0.15) is 0 Å². The maximum absolute atomic E-state index is 12.0. The molecular formula is C17H25N5O2S. The Balaban J connectivity index is 1.63. The molecule has 0 radical (unpaired) electrons. The molecule has 1 amide bonds. The molecule has 2 aromatic heterocycles. The third-order valence-electron chi connectivity index (χ3n) is 4.57. The van der Waals surface area contributed by atoms with Gasteiger partial charge in [0.1, 0.15) is 5.82 Å². The van der Waals surface area contributed by atoms with Crippen molar-refractivity contribution in [2.45, 2.75) is 39.4 Å². The number of hydrogen-bond donors (Lipinski definition) is 1. The van der Waals surface area contributed by atoms with Crippen LogP contribution in [-0.2, 0) is 29.0 Å². The lowest BCUT2D eigenvalue weighted by Gasteiger charge is -2.33. The van der Waals surface area contributed by atoms with Crippen molar-refractivity contribution in [2.75, 3.05) is 26.8 Å². The molecule has 7 nitrogen and oxygen atoms in total. The SMILES string of the molecule is COCCNC(=O)Cc1cn2c(n1)[C@@H](C)N(Cc1scnc1C)CC2. The summed E-state index contributed by atoms with van der Waals surface area (Å²) in [6.07, 6.45) is 2.32. The Morgan fingerprint density at radius 3 is 3.04 bits per heavy atom. The van der Waals surface area contributed by atoms with E-state index in [9.17, 15) is 4.79 Å². The van der Waals surface area contributed by atoms with Crippen molar-refractivity contribution in [3.8, 4) is 0 Å². The second-order valence-corrected chi connectivity index (χ2v) is 7.25. The number of hydrogen-bond acceptors (Lipinski definition) is 6. The standard InChI is InChI=1S/C17H25N5O2S/c1-12-15(25-11-19-12)10-21-5-6-22-9-14(20-17(22)13(21)2)8-16(23)18-4-7-24-3/h9,11,13H,4-8,10H2,1-3H3,(H,18,23)/t13-/m1/s1. The Bertz CT molecular complexity index is 726. The van der Waals surface area contributed by atoms with Crippen LogP contribution in [0.25, 0.3) is 0 Å². The molecule has 1 N–H and O–H groups in total. The van der Waals surface area contributed by atoms with Crippen molar-refractivity contribution < 1.29 is 9.53 Å². The van der Waals surface area contributed by atoms with E-state index in [0.717, 1.165) is 36.8 Å². The number of carbonyl (C=O) groups is 1. The van der Waals surface area contributed by atoms with Crippen molar-refractivity contribution in [1.82, 2.24) is 24.8 Å². The Labute approximate surface area is 152 Å². The third-order valence-corrected chi connectivity index (χ3v) is 5.49. The van der Waals surface area contributed by atoms with Crippen LogP contribution in [0.15, 0.2) is 11.7 Å². The van der Waals surface area contributed by atoms with Gasteiger partial charge in [-0.1, -0.05) is 0 Å². The van der Waals surface area contributed by atoms with Crippen LogP contribution in [0.2, 0.25) is 0 Å². The molecule has 8 heteroatoms. The molecular weight excluding hydrogens is 338 g/mol. The van der Waals surface area contributed by atoms with Crippen molar-refractivity contribution >= 4 is 17.2 Å². The number of thiazole rings is 1. The molecule has 1 aliphatic rings. The van der Waals surface area contributed by atoms with Gasteiger partial charge >= 0.3 is 0 Å². The van der Waals surface area contributed by atoms with Gasteiger partial charge in [0.2, 0.25) is 5.91 Å². The molecule has 0 spiro atoms. The smallest absolute Gasteiger partial charge is 0.226 e. The highest BCUT2D eigenvalue weighted by atomic mass is 32.1. The first-order chi connectivity index (χ1) is 12.1. The number of aromatic nitrogens is 3. The topological polar surface area (TPSA) is 72.3 Å². The predicted molar refractivity (Wildman–Crippen MR) is 96.5 cm³/mol. The average Bonchev–Trinajstić information content (AvgIpc) is 3.17. The minimum absolute atomic E-state index is 0.0164. The maximum atomic E-state index is 12.0. The fourth-order valence-electron chi connectivity index (χ4n) is 3.07. The minimum Gasteiger partial charge on any atom is -0.383 e. The Morgan fingerprint density at radius 2 is 2.32 bits per heavy atom. The predicted octanol–water partition coefficient (Wildman–Crippen LogP) is 1.53. The second-order valence-electron chi connectivity index (χ2n) is 6.31. The molecule has 0 aliphatic carbocycles. The van der Waals surface area contributed by atoms with E-state index < -0.39 is 0 Å². The summed E-state index contributed by atoms with van der Waals surface area (Å²) in [6, 6.07) is 0.223. The van der Waals surface area contributed by atoms with E-state index in [1.165, 1.54) is 4.88 Å². The monoisotopic (exact) mass is 363 g/mol. The zero-order valence-electron chi connectivity index (χ0n) is 15.0. The van der Waals surface area contributed by atoms with Crippen LogP contribution in [0.1, 0.15) is 35.1 Å². The molecule has 1 atom stereocenters.